The maximum Gasteiger partial charge on any atom is 0.261 e. The van der Waals surface area contributed by atoms with Gasteiger partial charge < -0.3 is 5.32 Å². The van der Waals surface area contributed by atoms with Crippen molar-refractivity contribution in [3.05, 3.63) is 34.9 Å². The van der Waals surface area contributed by atoms with Crippen LogP contribution < -0.4 is 5.32 Å². The fourth-order valence-electron chi connectivity index (χ4n) is 5.14. The molecule has 2 saturated heterocycles. The van der Waals surface area contributed by atoms with Gasteiger partial charge in [-0.25, -0.2) is 0 Å². The zero-order chi connectivity index (χ0) is 21.5. The molecule has 4 aliphatic rings. The molecule has 5 rings (SSSR count). The number of imide groups is 1. The lowest BCUT2D eigenvalue weighted by Gasteiger charge is -2.32. The van der Waals surface area contributed by atoms with E-state index in [0.29, 0.717) is 17.5 Å². The molecule has 0 bridgehead atoms. The van der Waals surface area contributed by atoms with Gasteiger partial charge in [-0.15, -0.1) is 0 Å². The first-order valence-corrected chi connectivity index (χ1v) is 11.7. The average Bonchev–Trinajstić information content (AvgIpc) is 3.48. The van der Waals surface area contributed by atoms with E-state index in [4.69, 9.17) is 16.4 Å². The van der Waals surface area contributed by atoms with Crippen molar-refractivity contribution in [2.45, 2.75) is 63.1 Å². The molecular formula is C23H28ClN3O4. The van der Waals surface area contributed by atoms with Crippen molar-refractivity contribution in [1.82, 2.24) is 15.3 Å². The standard InChI is InChI=1S/C23H28ClN3O4/c24-16-10-8-15(9-11-16)20-19-21(31-26(20)13-18(28)25-12-14-6-7-14)23(30)27(22(19)29)17-4-2-1-3-5-17/h8-11,14,17,19-21H,1-7,12-13H2,(H,25,28). The highest BCUT2D eigenvalue weighted by Gasteiger charge is 2.60. The van der Waals surface area contributed by atoms with Crippen LogP contribution in [0.3, 0.4) is 0 Å². The second-order valence-electron chi connectivity index (χ2n) is 9.21. The average molecular weight is 446 g/mol. The number of hydrogen-bond acceptors (Lipinski definition) is 5. The Morgan fingerprint density at radius 3 is 2.42 bits per heavy atom. The van der Waals surface area contributed by atoms with Gasteiger partial charge in [0, 0.05) is 17.6 Å². The summed E-state index contributed by atoms with van der Waals surface area (Å²) in [6, 6.07) is 6.66. The number of benzene rings is 1. The lowest BCUT2D eigenvalue weighted by atomic mass is 9.90. The minimum Gasteiger partial charge on any atom is -0.355 e. The maximum absolute atomic E-state index is 13.5. The lowest BCUT2D eigenvalue weighted by Crippen LogP contribution is -2.45. The molecule has 3 unspecified atom stereocenters. The summed E-state index contributed by atoms with van der Waals surface area (Å²) >= 11 is 6.07. The van der Waals surface area contributed by atoms with Crippen LogP contribution in [0.2, 0.25) is 5.02 Å². The topological polar surface area (TPSA) is 79.0 Å². The number of carbonyl (C=O) groups excluding carboxylic acids is 3. The SMILES string of the molecule is O=C(CN1OC2C(=O)N(C3CCCCC3)C(=O)C2C1c1ccc(Cl)cc1)NCC1CC1. The van der Waals surface area contributed by atoms with E-state index in [1.165, 1.54) is 9.96 Å². The van der Waals surface area contributed by atoms with Gasteiger partial charge in [0.15, 0.2) is 6.10 Å². The first-order chi connectivity index (χ1) is 15.0. The molecule has 3 atom stereocenters. The van der Waals surface area contributed by atoms with E-state index >= 15 is 0 Å². The van der Waals surface area contributed by atoms with E-state index < -0.39 is 18.1 Å². The third-order valence-electron chi connectivity index (χ3n) is 6.96. The van der Waals surface area contributed by atoms with Gasteiger partial charge in [-0.05, 0) is 49.3 Å². The Hall–Kier alpha value is -1.96. The van der Waals surface area contributed by atoms with Crippen molar-refractivity contribution < 1.29 is 19.2 Å². The summed E-state index contributed by atoms with van der Waals surface area (Å²) in [4.78, 5) is 46.7. The van der Waals surface area contributed by atoms with E-state index in [-0.39, 0.29) is 30.3 Å². The summed E-state index contributed by atoms with van der Waals surface area (Å²) in [6.07, 6.45) is 6.36. The van der Waals surface area contributed by atoms with Crippen LogP contribution in [0.1, 0.15) is 56.6 Å². The summed E-state index contributed by atoms with van der Waals surface area (Å²) in [5.41, 5.74) is 0.818. The predicted molar refractivity (Wildman–Crippen MR) is 114 cm³/mol. The molecule has 2 aliphatic heterocycles. The zero-order valence-corrected chi connectivity index (χ0v) is 18.2. The third kappa shape index (κ3) is 4.11. The van der Waals surface area contributed by atoms with E-state index in [0.717, 1.165) is 50.5 Å². The van der Waals surface area contributed by atoms with Crippen molar-refractivity contribution in [2.24, 2.45) is 11.8 Å². The fourth-order valence-corrected chi connectivity index (χ4v) is 5.26. The highest BCUT2D eigenvalue weighted by Crippen LogP contribution is 2.46. The maximum atomic E-state index is 13.5. The molecule has 3 amide bonds. The molecule has 2 saturated carbocycles. The molecule has 31 heavy (non-hydrogen) atoms. The van der Waals surface area contributed by atoms with Crippen LogP contribution in [0, 0.1) is 11.8 Å². The van der Waals surface area contributed by atoms with Gasteiger partial charge in [-0.2, -0.15) is 5.06 Å². The van der Waals surface area contributed by atoms with Gasteiger partial charge in [0.25, 0.3) is 5.91 Å². The van der Waals surface area contributed by atoms with Crippen molar-refractivity contribution in [3.63, 3.8) is 0 Å². The lowest BCUT2D eigenvalue weighted by molar-refractivity contribution is -0.183. The van der Waals surface area contributed by atoms with E-state index in [1.54, 1.807) is 12.1 Å². The third-order valence-corrected chi connectivity index (χ3v) is 7.22. The van der Waals surface area contributed by atoms with Crippen LogP contribution in [0.15, 0.2) is 24.3 Å². The van der Waals surface area contributed by atoms with Gasteiger partial charge in [-0.3, -0.25) is 24.1 Å². The number of amides is 3. The molecule has 2 heterocycles. The van der Waals surface area contributed by atoms with Crippen LogP contribution in [-0.2, 0) is 19.2 Å². The first kappa shape index (κ1) is 20.9. The Balaban J connectivity index is 1.39. The fraction of sp³-hybridized carbons (Fsp3) is 0.609. The summed E-state index contributed by atoms with van der Waals surface area (Å²) < 4.78 is 0. The van der Waals surface area contributed by atoms with E-state index in [2.05, 4.69) is 5.32 Å². The van der Waals surface area contributed by atoms with Gasteiger partial charge in [0.2, 0.25) is 11.8 Å². The molecular weight excluding hydrogens is 418 g/mol. The number of carbonyl (C=O) groups is 3. The van der Waals surface area contributed by atoms with E-state index in [9.17, 15) is 14.4 Å². The number of hydrogen-bond donors (Lipinski definition) is 1. The Labute approximate surface area is 187 Å². The van der Waals surface area contributed by atoms with Crippen LogP contribution in [0.25, 0.3) is 0 Å². The van der Waals surface area contributed by atoms with Crippen molar-refractivity contribution in [3.8, 4) is 0 Å². The second-order valence-corrected chi connectivity index (χ2v) is 9.65. The minimum atomic E-state index is -0.869. The smallest absolute Gasteiger partial charge is 0.261 e. The summed E-state index contributed by atoms with van der Waals surface area (Å²) in [7, 11) is 0. The Kier molecular flexibility index (Phi) is 5.75. The number of nitrogens with zero attached hydrogens (tertiary/aromatic N) is 2. The predicted octanol–water partition coefficient (Wildman–Crippen LogP) is 2.84. The second kappa shape index (κ2) is 8.52. The van der Waals surface area contributed by atoms with E-state index in [1.807, 2.05) is 12.1 Å². The molecule has 8 heteroatoms. The molecule has 1 aromatic rings. The van der Waals surface area contributed by atoms with Crippen LogP contribution in [-0.4, -0.2) is 52.9 Å². The van der Waals surface area contributed by atoms with Gasteiger partial charge in [-0.1, -0.05) is 43.0 Å². The Bertz CT molecular complexity index is 866. The quantitative estimate of drug-likeness (QED) is 0.681. The molecule has 1 aromatic carbocycles. The van der Waals surface area contributed by atoms with Gasteiger partial charge in [0.05, 0.1) is 12.0 Å². The number of halogens is 1. The molecule has 0 radical (unpaired) electrons. The normalized spacial score (nSPS) is 29.5. The number of nitrogens with one attached hydrogen (secondary N) is 1. The monoisotopic (exact) mass is 445 g/mol. The molecule has 0 spiro atoms. The summed E-state index contributed by atoms with van der Waals surface area (Å²) in [5, 5.41) is 5.05. The largest absolute Gasteiger partial charge is 0.355 e. The minimum absolute atomic E-state index is 0.0169. The van der Waals surface area contributed by atoms with Crippen molar-refractivity contribution in [1.29, 1.82) is 0 Å². The van der Waals surface area contributed by atoms with Crippen molar-refractivity contribution in [2.75, 3.05) is 13.1 Å². The molecule has 4 fully saturated rings. The molecule has 166 valence electrons. The number of fused-ring (bicyclic) bond motifs is 1. The number of likely N-dealkylation sites (tertiary alicyclic amines) is 1. The molecule has 1 N–H and O–H groups in total. The Morgan fingerprint density at radius 2 is 1.74 bits per heavy atom. The van der Waals surface area contributed by atoms with Crippen LogP contribution >= 0.6 is 11.6 Å². The van der Waals surface area contributed by atoms with Crippen molar-refractivity contribution >= 4 is 29.3 Å². The van der Waals surface area contributed by atoms with Gasteiger partial charge >= 0.3 is 0 Å². The van der Waals surface area contributed by atoms with Crippen LogP contribution in [0.5, 0.6) is 0 Å². The number of rotatable bonds is 6. The molecule has 2 aliphatic carbocycles. The Morgan fingerprint density at radius 1 is 1.03 bits per heavy atom. The summed E-state index contributed by atoms with van der Waals surface area (Å²) in [5.74, 6) is -0.673. The van der Waals surface area contributed by atoms with Gasteiger partial charge in [0.1, 0.15) is 6.54 Å². The van der Waals surface area contributed by atoms with Crippen LogP contribution in [0.4, 0.5) is 0 Å². The highest BCUT2D eigenvalue weighted by atomic mass is 35.5. The summed E-state index contributed by atoms with van der Waals surface area (Å²) in [6.45, 7) is 0.648. The molecule has 0 aromatic heterocycles. The molecule has 7 nitrogen and oxygen atoms in total. The zero-order valence-electron chi connectivity index (χ0n) is 17.5. The highest BCUT2D eigenvalue weighted by molar-refractivity contribution is 6.30. The first-order valence-electron chi connectivity index (χ1n) is 11.4. The number of hydroxylamine groups is 2.